The molecule has 0 bridgehead atoms. The van der Waals surface area contributed by atoms with Crippen molar-refractivity contribution in [1.29, 1.82) is 0 Å². The number of hydrogen-bond acceptors (Lipinski definition) is 3. The molecule has 0 unspecified atom stereocenters. The molecule has 0 aliphatic carbocycles. The minimum Gasteiger partial charge on any atom is -0.356 e. The van der Waals surface area contributed by atoms with Crippen molar-refractivity contribution < 1.29 is 8.78 Å². The highest BCUT2D eigenvalue weighted by Gasteiger charge is 2.14. The van der Waals surface area contributed by atoms with E-state index < -0.39 is 0 Å². The van der Waals surface area contributed by atoms with Crippen molar-refractivity contribution in [2.24, 2.45) is 4.99 Å². The predicted molar refractivity (Wildman–Crippen MR) is 106 cm³/mol. The molecular weight excluding hydrogens is 344 g/mol. The smallest absolute Gasteiger partial charge is 0.191 e. The molecule has 0 aromatic heterocycles. The molecule has 0 saturated carbocycles. The van der Waals surface area contributed by atoms with Gasteiger partial charge < -0.3 is 10.6 Å². The summed E-state index contributed by atoms with van der Waals surface area (Å²) in [4.78, 5) is 4.55. The zero-order valence-electron chi connectivity index (χ0n) is 15.6. The van der Waals surface area contributed by atoms with Gasteiger partial charge in [0.15, 0.2) is 5.96 Å². The molecule has 144 valence electrons. The first-order chi connectivity index (χ1) is 13.2. The number of halogens is 2. The Balaban J connectivity index is 1.61. The zero-order valence-corrected chi connectivity index (χ0v) is 15.6. The van der Waals surface area contributed by atoms with Gasteiger partial charge in [-0.3, -0.25) is 4.99 Å². The Bertz CT molecular complexity index is 681. The predicted octanol–water partition coefficient (Wildman–Crippen LogP) is 4.60. The quantitative estimate of drug-likeness (QED) is 0.729. The molecule has 0 amide bonds. The lowest BCUT2D eigenvalue weighted by atomic mass is 9.87. The summed E-state index contributed by atoms with van der Waals surface area (Å²) < 4.78 is 26.6. The van der Waals surface area contributed by atoms with Crippen LogP contribution in [0.25, 0.3) is 0 Å². The second-order valence-corrected chi connectivity index (χ2v) is 6.94. The monoisotopic (exact) mass is 371 g/mol. The summed E-state index contributed by atoms with van der Waals surface area (Å²) in [7, 11) is 0. The number of nitrogens with one attached hydrogen (secondary N) is 2. The van der Waals surface area contributed by atoms with Gasteiger partial charge >= 0.3 is 0 Å². The normalized spacial score (nSPS) is 14.9. The summed E-state index contributed by atoms with van der Waals surface area (Å²) in [5.41, 5.74) is 2.09. The third-order valence-electron chi connectivity index (χ3n) is 4.90. The summed E-state index contributed by atoms with van der Waals surface area (Å²) in [5.74, 6) is 0.508. The van der Waals surface area contributed by atoms with Crippen LogP contribution in [0.1, 0.15) is 49.1 Å². The summed E-state index contributed by atoms with van der Waals surface area (Å²) in [6, 6.07) is 13.2. The molecule has 1 heterocycles. The van der Waals surface area contributed by atoms with Crippen molar-refractivity contribution in [3.8, 4) is 0 Å². The molecule has 1 aliphatic heterocycles. The maximum absolute atomic E-state index is 13.3. The molecule has 0 spiro atoms. The molecule has 1 aliphatic rings. The first-order valence-electron chi connectivity index (χ1n) is 9.75. The van der Waals surface area contributed by atoms with Crippen LogP contribution in [0, 0.1) is 11.6 Å². The van der Waals surface area contributed by atoms with E-state index in [9.17, 15) is 8.78 Å². The molecule has 2 N–H and O–H groups in total. The average molecular weight is 371 g/mol. The van der Waals surface area contributed by atoms with Crippen LogP contribution in [0.3, 0.4) is 0 Å². The molecule has 0 radical (unpaired) electrons. The van der Waals surface area contributed by atoms with Crippen LogP contribution in [-0.2, 0) is 0 Å². The summed E-state index contributed by atoms with van der Waals surface area (Å²) >= 11 is 0. The maximum Gasteiger partial charge on any atom is 0.191 e. The largest absolute Gasteiger partial charge is 0.356 e. The zero-order chi connectivity index (χ0) is 18.9. The molecule has 0 saturated heterocycles. The highest BCUT2D eigenvalue weighted by molar-refractivity contribution is 5.79. The fourth-order valence-electron chi connectivity index (χ4n) is 3.41. The van der Waals surface area contributed by atoms with Crippen LogP contribution in [0.4, 0.5) is 8.78 Å². The number of benzene rings is 2. The van der Waals surface area contributed by atoms with Gasteiger partial charge in [0.05, 0.1) is 0 Å². The van der Waals surface area contributed by atoms with E-state index in [-0.39, 0.29) is 17.6 Å². The lowest BCUT2D eigenvalue weighted by Gasteiger charge is -2.19. The average Bonchev–Trinajstić information content (AvgIpc) is 2.65. The molecule has 2 aromatic carbocycles. The highest BCUT2D eigenvalue weighted by atomic mass is 19.1. The summed E-state index contributed by atoms with van der Waals surface area (Å²) in [5, 5.41) is 6.73. The van der Waals surface area contributed by atoms with Gasteiger partial charge in [0, 0.05) is 25.6 Å². The molecule has 27 heavy (non-hydrogen) atoms. The van der Waals surface area contributed by atoms with Gasteiger partial charge in [0.2, 0.25) is 0 Å². The number of guanidine groups is 1. The van der Waals surface area contributed by atoms with E-state index in [1.807, 2.05) is 24.3 Å². The van der Waals surface area contributed by atoms with Gasteiger partial charge in [-0.25, -0.2) is 8.78 Å². The first kappa shape index (κ1) is 19.3. The van der Waals surface area contributed by atoms with Gasteiger partial charge in [-0.1, -0.05) is 24.3 Å². The van der Waals surface area contributed by atoms with E-state index in [2.05, 4.69) is 15.6 Å². The molecule has 0 fully saturated rings. The maximum atomic E-state index is 13.3. The Morgan fingerprint density at radius 3 is 2.15 bits per heavy atom. The van der Waals surface area contributed by atoms with Gasteiger partial charge in [-0.05, 0) is 67.5 Å². The Morgan fingerprint density at radius 1 is 0.889 bits per heavy atom. The number of nitrogens with zero attached hydrogens (tertiary/aromatic N) is 1. The van der Waals surface area contributed by atoms with Crippen LogP contribution < -0.4 is 10.6 Å². The van der Waals surface area contributed by atoms with Crippen molar-refractivity contribution in [1.82, 2.24) is 10.6 Å². The van der Waals surface area contributed by atoms with E-state index in [0.29, 0.717) is 0 Å². The number of rotatable bonds is 6. The van der Waals surface area contributed by atoms with Crippen molar-refractivity contribution in [3.63, 3.8) is 0 Å². The SMILES string of the molecule is Fc1ccc(C(CCCNC2=NCCCCCN2)c2ccc(F)cc2)cc1. The molecule has 3 nitrogen and oxygen atoms in total. The minimum atomic E-state index is -0.244. The Morgan fingerprint density at radius 2 is 1.52 bits per heavy atom. The summed E-state index contributed by atoms with van der Waals surface area (Å²) in [6.07, 6.45) is 5.36. The van der Waals surface area contributed by atoms with Crippen LogP contribution in [0.2, 0.25) is 0 Å². The molecule has 2 aromatic rings. The van der Waals surface area contributed by atoms with Crippen LogP contribution in [0.5, 0.6) is 0 Å². The fourth-order valence-corrected chi connectivity index (χ4v) is 3.41. The van der Waals surface area contributed by atoms with Crippen LogP contribution >= 0.6 is 0 Å². The van der Waals surface area contributed by atoms with Crippen molar-refractivity contribution in [3.05, 3.63) is 71.3 Å². The molecule has 3 rings (SSSR count). The van der Waals surface area contributed by atoms with Gasteiger partial charge in [0.25, 0.3) is 0 Å². The second kappa shape index (κ2) is 10.0. The van der Waals surface area contributed by atoms with Gasteiger partial charge in [-0.2, -0.15) is 0 Å². The Labute approximate surface area is 159 Å². The van der Waals surface area contributed by atoms with Gasteiger partial charge in [-0.15, -0.1) is 0 Å². The first-order valence-corrected chi connectivity index (χ1v) is 9.75. The highest BCUT2D eigenvalue weighted by Crippen LogP contribution is 2.29. The van der Waals surface area contributed by atoms with Crippen LogP contribution in [-0.4, -0.2) is 25.6 Å². The molecule has 0 atom stereocenters. The van der Waals surface area contributed by atoms with E-state index >= 15 is 0 Å². The third kappa shape index (κ3) is 6.05. The Kier molecular flexibility index (Phi) is 7.19. The van der Waals surface area contributed by atoms with E-state index in [1.165, 1.54) is 37.1 Å². The lowest BCUT2D eigenvalue weighted by Crippen LogP contribution is -2.39. The standard InChI is InChI=1S/C22H27F2N3/c23-19-10-6-17(7-11-19)21(18-8-12-20(24)13-9-18)5-4-16-27-22-25-14-2-1-3-15-26-22/h6-13,21H,1-5,14-16H2,(H2,25,26,27). The third-order valence-corrected chi connectivity index (χ3v) is 4.90. The minimum absolute atomic E-state index is 0.111. The van der Waals surface area contributed by atoms with Crippen molar-refractivity contribution in [2.75, 3.05) is 19.6 Å². The van der Waals surface area contributed by atoms with Crippen molar-refractivity contribution >= 4 is 5.96 Å². The fraction of sp³-hybridized carbons (Fsp3) is 0.409. The molecular formula is C22H27F2N3. The van der Waals surface area contributed by atoms with E-state index in [4.69, 9.17) is 0 Å². The van der Waals surface area contributed by atoms with Gasteiger partial charge in [0.1, 0.15) is 11.6 Å². The van der Waals surface area contributed by atoms with E-state index in [0.717, 1.165) is 56.0 Å². The Hall–Kier alpha value is -2.43. The number of aliphatic imine (C=N–C) groups is 1. The topological polar surface area (TPSA) is 36.4 Å². The van der Waals surface area contributed by atoms with E-state index in [1.54, 1.807) is 0 Å². The second-order valence-electron chi connectivity index (χ2n) is 6.94. The molecule has 5 heteroatoms. The lowest BCUT2D eigenvalue weighted by molar-refractivity contribution is 0.608. The number of hydrogen-bond donors (Lipinski definition) is 2. The van der Waals surface area contributed by atoms with Crippen molar-refractivity contribution in [2.45, 2.75) is 38.0 Å². The summed E-state index contributed by atoms with van der Waals surface area (Å²) in [6.45, 7) is 2.63. The van der Waals surface area contributed by atoms with Crippen LogP contribution in [0.15, 0.2) is 53.5 Å².